The molecule has 0 aromatic heterocycles. The minimum absolute atomic E-state index is 0.163. The van der Waals surface area contributed by atoms with Crippen LogP contribution in [0.1, 0.15) is 21.5 Å². The molecule has 21 heavy (non-hydrogen) atoms. The SMILES string of the molecule is Cc1ccc2c(c1)C(=O)/C(=C/c1ccccc1N=[N+]=[N-])O2. The number of azide groups is 1. The van der Waals surface area contributed by atoms with Crippen molar-refractivity contribution in [1.29, 1.82) is 0 Å². The van der Waals surface area contributed by atoms with Gasteiger partial charge in [0.25, 0.3) is 0 Å². The number of Topliss-reactive ketones (excluding diaryl/α,β-unsaturated/α-hetero) is 1. The second-order valence-electron chi connectivity index (χ2n) is 4.69. The summed E-state index contributed by atoms with van der Waals surface area (Å²) < 4.78 is 5.59. The van der Waals surface area contributed by atoms with Gasteiger partial charge in [-0.15, -0.1) is 0 Å². The Morgan fingerprint density at radius 2 is 2.05 bits per heavy atom. The molecule has 0 radical (unpaired) electrons. The van der Waals surface area contributed by atoms with Crippen molar-refractivity contribution in [2.24, 2.45) is 5.11 Å². The zero-order valence-electron chi connectivity index (χ0n) is 11.3. The number of rotatable bonds is 2. The van der Waals surface area contributed by atoms with Gasteiger partial charge in [0.05, 0.1) is 5.56 Å². The van der Waals surface area contributed by atoms with Crippen LogP contribution in [0.3, 0.4) is 0 Å². The second-order valence-corrected chi connectivity index (χ2v) is 4.69. The fraction of sp³-hybridized carbons (Fsp3) is 0.0625. The number of ether oxygens (including phenoxy) is 1. The van der Waals surface area contributed by atoms with Crippen molar-refractivity contribution in [3.8, 4) is 5.75 Å². The van der Waals surface area contributed by atoms with Gasteiger partial charge in [0.1, 0.15) is 5.75 Å². The van der Waals surface area contributed by atoms with E-state index in [1.807, 2.05) is 13.0 Å². The zero-order chi connectivity index (χ0) is 14.8. The minimum atomic E-state index is -0.163. The van der Waals surface area contributed by atoms with Gasteiger partial charge in [-0.2, -0.15) is 0 Å². The summed E-state index contributed by atoms with van der Waals surface area (Å²) >= 11 is 0. The number of hydrogen-bond donors (Lipinski definition) is 0. The highest BCUT2D eigenvalue weighted by atomic mass is 16.5. The number of aryl methyl sites for hydroxylation is 1. The van der Waals surface area contributed by atoms with E-state index in [0.29, 0.717) is 22.6 Å². The van der Waals surface area contributed by atoms with E-state index >= 15 is 0 Å². The van der Waals surface area contributed by atoms with Crippen molar-refractivity contribution in [3.63, 3.8) is 0 Å². The molecule has 0 aliphatic carbocycles. The third kappa shape index (κ3) is 2.38. The maximum atomic E-state index is 12.3. The van der Waals surface area contributed by atoms with Crippen LogP contribution in [-0.2, 0) is 0 Å². The summed E-state index contributed by atoms with van der Waals surface area (Å²) in [6.07, 6.45) is 1.60. The zero-order valence-corrected chi connectivity index (χ0v) is 11.3. The van der Waals surface area contributed by atoms with Crippen LogP contribution in [0.5, 0.6) is 5.75 Å². The summed E-state index contributed by atoms with van der Waals surface area (Å²) in [6.45, 7) is 1.92. The topological polar surface area (TPSA) is 75.1 Å². The molecule has 0 bridgehead atoms. The predicted octanol–water partition coefficient (Wildman–Crippen LogP) is 4.55. The Morgan fingerprint density at radius 1 is 1.24 bits per heavy atom. The molecule has 1 aliphatic rings. The summed E-state index contributed by atoms with van der Waals surface area (Å²) in [7, 11) is 0. The van der Waals surface area contributed by atoms with Crippen LogP contribution < -0.4 is 4.74 Å². The van der Waals surface area contributed by atoms with Crippen molar-refractivity contribution in [1.82, 2.24) is 0 Å². The van der Waals surface area contributed by atoms with E-state index in [2.05, 4.69) is 10.0 Å². The average Bonchev–Trinajstić information content (AvgIpc) is 2.78. The Morgan fingerprint density at radius 3 is 2.86 bits per heavy atom. The summed E-state index contributed by atoms with van der Waals surface area (Å²) in [5.74, 6) is 0.624. The van der Waals surface area contributed by atoms with Crippen LogP contribution in [0, 0.1) is 6.92 Å². The van der Waals surface area contributed by atoms with Gasteiger partial charge in [-0.25, -0.2) is 0 Å². The third-order valence-electron chi connectivity index (χ3n) is 3.20. The number of carbonyl (C=O) groups is 1. The predicted molar refractivity (Wildman–Crippen MR) is 79.4 cm³/mol. The van der Waals surface area contributed by atoms with E-state index in [4.69, 9.17) is 10.3 Å². The van der Waals surface area contributed by atoms with E-state index in [1.54, 1.807) is 42.5 Å². The van der Waals surface area contributed by atoms with Gasteiger partial charge in [-0.1, -0.05) is 41.0 Å². The molecule has 5 nitrogen and oxygen atoms in total. The normalized spacial score (nSPS) is 14.5. The number of ketones is 1. The molecular weight excluding hydrogens is 266 g/mol. The highest BCUT2D eigenvalue weighted by Gasteiger charge is 2.27. The molecule has 0 fully saturated rings. The maximum absolute atomic E-state index is 12.3. The number of benzene rings is 2. The van der Waals surface area contributed by atoms with Crippen LogP contribution in [0.4, 0.5) is 5.69 Å². The van der Waals surface area contributed by atoms with Gasteiger partial charge in [-0.05, 0) is 36.2 Å². The minimum Gasteiger partial charge on any atom is -0.452 e. The fourth-order valence-corrected chi connectivity index (χ4v) is 2.19. The summed E-state index contributed by atoms with van der Waals surface area (Å²) in [5.41, 5.74) is 11.2. The quantitative estimate of drug-likeness (QED) is 0.349. The Labute approximate surface area is 121 Å². The first-order chi connectivity index (χ1) is 10.2. The number of nitrogens with zero attached hydrogens (tertiary/aromatic N) is 3. The number of allylic oxidation sites excluding steroid dienone is 1. The van der Waals surface area contributed by atoms with Crippen molar-refractivity contribution < 1.29 is 9.53 Å². The molecule has 0 atom stereocenters. The first-order valence-corrected chi connectivity index (χ1v) is 6.38. The average molecular weight is 277 g/mol. The van der Waals surface area contributed by atoms with E-state index in [0.717, 1.165) is 5.56 Å². The van der Waals surface area contributed by atoms with E-state index in [1.165, 1.54) is 0 Å². The Bertz CT molecular complexity index is 818. The van der Waals surface area contributed by atoms with Crippen molar-refractivity contribution in [2.45, 2.75) is 6.92 Å². The van der Waals surface area contributed by atoms with Crippen LogP contribution in [0.15, 0.2) is 53.3 Å². The third-order valence-corrected chi connectivity index (χ3v) is 3.20. The van der Waals surface area contributed by atoms with Crippen LogP contribution >= 0.6 is 0 Å². The van der Waals surface area contributed by atoms with Crippen molar-refractivity contribution in [2.75, 3.05) is 0 Å². The number of carbonyl (C=O) groups excluding carboxylic acids is 1. The first-order valence-electron chi connectivity index (χ1n) is 6.38. The lowest BCUT2D eigenvalue weighted by atomic mass is 10.1. The maximum Gasteiger partial charge on any atom is 0.231 e. The van der Waals surface area contributed by atoms with Gasteiger partial charge in [-0.3, -0.25) is 4.79 Å². The Balaban J connectivity index is 2.04. The fourth-order valence-electron chi connectivity index (χ4n) is 2.19. The van der Waals surface area contributed by atoms with Gasteiger partial charge in [0.2, 0.25) is 5.78 Å². The molecule has 0 spiro atoms. The van der Waals surface area contributed by atoms with Crippen LogP contribution in [-0.4, -0.2) is 5.78 Å². The van der Waals surface area contributed by atoms with Crippen molar-refractivity contribution in [3.05, 3.63) is 75.4 Å². The van der Waals surface area contributed by atoms with Gasteiger partial charge >= 0.3 is 0 Å². The molecule has 0 saturated heterocycles. The molecule has 0 saturated carbocycles. The molecular formula is C16H11N3O2. The van der Waals surface area contributed by atoms with Gasteiger partial charge in [0.15, 0.2) is 5.76 Å². The lowest BCUT2D eigenvalue weighted by Gasteiger charge is -2.01. The molecule has 1 aliphatic heterocycles. The van der Waals surface area contributed by atoms with E-state index in [-0.39, 0.29) is 11.5 Å². The molecule has 2 aromatic carbocycles. The Kier molecular flexibility index (Phi) is 3.18. The molecule has 102 valence electrons. The summed E-state index contributed by atoms with van der Waals surface area (Å²) in [6, 6.07) is 12.5. The van der Waals surface area contributed by atoms with Gasteiger partial charge in [0, 0.05) is 10.6 Å². The molecule has 5 heteroatoms. The number of hydrogen-bond acceptors (Lipinski definition) is 3. The lowest BCUT2D eigenvalue weighted by molar-refractivity contribution is 0.101. The Hall–Kier alpha value is -3.04. The van der Waals surface area contributed by atoms with E-state index in [9.17, 15) is 4.79 Å². The standard InChI is InChI=1S/C16H11N3O2/c1-10-6-7-14-12(8-10)16(20)15(21-14)9-11-4-2-3-5-13(11)18-19-17/h2-9H,1H3/b15-9-. The van der Waals surface area contributed by atoms with E-state index < -0.39 is 0 Å². The summed E-state index contributed by atoms with van der Waals surface area (Å²) in [4.78, 5) is 15.1. The molecule has 0 N–H and O–H groups in total. The highest BCUT2D eigenvalue weighted by molar-refractivity contribution is 6.14. The molecule has 3 rings (SSSR count). The summed E-state index contributed by atoms with van der Waals surface area (Å²) in [5, 5.41) is 3.61. The molecule has 0 amide bonds. The second kappa shape index (κ2) is 5.15. The highest BCUT2D eigenvalue weighted by Crippen LogP contribution is 2.33. The number of fused-ring (bicyclic) bond motifs is 1. The van der Waals surface area contributed by atoms with Crippen LogP contribution in [0.25, 0.3) is 16.5 Å². The molecule has 1 heterocycles. The molecule has 2 aromatic rings. The smallest absolute Gasteiger partial charge is 0.231 e. The van der Waals surface area contributed by atoms with Crippen LogP contribution in [0.2, 0.25) is 0 Å². The largest absolute Gasteiger partial charge is 0.452 e. The monoisotopic (exact) mass is 277 g/mol. The van der Waals surface area contributed by atoms with Gasteiger partial charge < -0.3 is 4.74 Å². The first kappa shape index (κ1) is 13.0. The van der Waals surface area contributed by atoms with Crippen molar-refractivity contribution >= 4 is 17.5 Å². The molecule has 0 unspecified atom stereocenters. The lowest BCUT2D eigenvalue weighted by Crippen LogP contribution is -1.98.